The highest BCUT2D eigenvalue weighted by Gasteiger charge is 2.71. The van der Waals surface area contributed by atoms with Crippen LogP contribution in [0.25, 0.3) is 0 Å². The lowest BCUT2D eigenvalue weighted by Gasteiger charge is -2.29. The Labute approximate surface area is 104 Å². The van der Waals surface area contributed by atoms with Gasteiger partial charge >= 0.3 is 18.3 Å². The second kappa shape index (κ2) is 6.03. The molecule has 0 aliphatic rings. The molecule has 0 saturated carbocycles. The minimum absolute atomic E-state index is 0.941. The van der Waals surface area contributed by atoms with Gasteiger partial charge in [-0.1, -0.05) is 0 Å². The van der Waals surface area contributed by atoms with Crippen molar-refractivity contribution in [1.82, 2.24) is 4.72 Å². The van der Waals surface area contributed by atoms with Crippen molar-refractivity contribution in [1.29, 1.82) is 0 Å². The molecular formula is C7H8F7NO3S. The number of alkyl halides is 7. The molecule has 4 nitrogen and oxygen atoms in total. The quantitative estimate of drug-likeness (QED) is 0.730. The van der Waals surface area contributed by atoms with Crippen molar-refractivity contribution in [2.24, 2.45) is 0 Å². The molecule has 0 bridgehead atoms. The molecule has 0 saturated heterocycles. The number of aliphatic carboxylic acids is 1. The third-order valence-corrected chi connectivity index (χ3v) is 2.96. The van der Waals surface area contributed by atoms with Gasteiger partial charge in [0.25, 0.3) is 5.67 Å². The maximum atomic E-state index is 13.0. The summed E-state index contributed by atoms with van der Waals surface area (Å²) in [6.07, 6.45) is -14.5. The van der Waals surface area contributed by atoms with E-state index in [1.807, 2.05) is 0 Å². The molecule has 0 aliphatic carbocycles. The number of nitrogens with one attached hydrogen (secondary N) is 1. The van der Waals surface area contributed by atoms with Crippen molar-refractivity contribution in [3.05, 3.63) is 0 Å². The van der Waals surface area contributed by atoms with E-state index in [0.29, 0.717) is 0 Å². The molecule has 2 N–H and O–H groups in total. The van der Waals surface area contributed by atoms with Gasteiger partial charge in [0.05, 0.1) is 11.0 Å². The standard InChI is InChI=1S/C7H8F7NO3S/c8-5(6(9,10)11,7(12,13)14)1-2-19(18)15-3-4(16)17/h15H,1-3H2,(H,16,17). The molecule has 0 amide bonds. The van der Waals surface area contributed by atoms with Crippen LogP contribution in [-0.4, -0.2) is 45.6 Å². The van der Waals surface area contributed by atoms with E-state index in [-0.39, 0.29) is 0 Å². The molecule has 0 aromatic carbocycles. The minimum Gasteiger partial charge on any atom is -0.480 e. The van der Waals surface area contributed by atoms with Crippen LogP contribution in [0.4, 0.5) is 30.7 Å². The van der Waals surface area contributed by atoms with Gasteiger partial charge in [0.15, 0.2) is 0 Å². The van der Waals surface area contributed by atoms with Crippen molar-refractivity contribution < 1.29 is 44.8 Å². The van der Waals surface area contributed by atoms with Crippen molar-refractivity contribution in [2.75, 3.05) is 12.3 Å². The van der Waals surface area contributed by atoms with Gasteiger partial charge in [0.2, 0.25) is 0 Å². The number of hydrogen-bond acceptors (Lipinski definition) is 2. The molecule has 0 radical (unpaired) electrons. The molecule has 19 heavy (non-hydrogen) atoms. The molecule has 0 aromatic rings. The first-order valence-electron chi connectivity index (χ1n) is 4.47. The Balaban J connectivity index is 4.72. The van der Waals surface area contributed by atoms with Crippen molar-refractivity contribution in [3.8, 4) is 0 Å². The third kappa shape index (κ3) is 4.93. The van der Waals surface area contributed by atoms with Crippen molar-refractivity contribution >= 4 is 17.0 Å². The summed E-state index contributed by atoms with van der Waals surface area (Å²) in [6.45, 7) is -0.941. The smallest absolute Gasteiger partial charge is 0.431 e. The fourth-order valence-corrected chi connectivity index (χ4v) is 1.79. The summed E-state index contributed by atoms with van der Waals surface area (Å²) in [5.41, 5.74) is -5.49. The van der Waals surface area contributed by atoms with E-state index in [1.165, 1.54) is 0 Å². The molecule has 0 rings (SSSR count). The maximum Gasteiger partial charge on any atom is 0.431 e. The Morgan fingerprint density at radius 2 is 1.47 bits per heavy atom. The fraction of sp³-hybridized carbons (Fsp3) is 0.857. The van der Waals surface area contributed by atoms with E-state index in [4.69, 9.17) is 5.11 Å². The zero-order valence-corrected chi connectivity index (χ0v) is 9.76. The molecule has 0 aromatic heterocycles. The van der Waals surface area contributed by atoms with Crippen molar-refractivity contribution in [3.63, 3.8) is 0 Å². The zero-order chi connectivity index (χ0) is 15.5. The number of rotatable bonds is 6. The van der Waals surface area contributed by atoms with E-state index in [9.17, 15) is 39.7 Å². The van der Waals surface area contributed by atoms with Crippen LogP contribution in [0.2, 0.25) is 0 Å². The van der Waals surface area contributed by atoms with Gasteiger partial charge in [-0.2, -0.15) is 26.3 Å². The first-order chi connectivity index (χ1) is 8.31. The second-order valence-corrected chi connectivity index (χ2v) is 4.70. The maximum absolute atomic E-state index is 13.0. The summed E-state index contributed by atoms with van der Waals surface area (Å²) in [4.78, 5) is 9.99. The lowest BCUT2D eigenvalue weighted by atomic mass is 10.0. The first-order valence-corrected chi connectivity index (χ1v) is 5.79. The van der Waals surface area contributed by atoms with Crippen LogP contribution in [0.3, 0.4) is 0 Å². The zero-order valence-electron chi connectivity index (χ0n) is 8.94. The summed E-state index contributed by atoms with van der Waals surface area (Å²) in [5.74, 6) is -2.87. The third-order valence-electron chi connectivity index (χ3n) is 1.91. The molecule has 12 heteroatoms. The van der Waals surface area contributed by atoms with E-state index < -0.39 is 53.7 Å². The van der Waals surface area contributed by atoms with Gasteiger partial charge in [-0.15, -0.1) is 0 Å². The number of hydrogen-bond donors (Lipinski definition) is 2. The highest BCUT2D eigenvalue weighted by Crippen LogP contribution is 2.48. The molecule has 0 aliphatic heterocycles. The molecule has 0 fully saturated rings. The van der Waals surface area contributed by atoms with Gasteiger partial charge in [0, 0.05) is 12.2 Å². The Kier molecular flexibility index (Phi) is 5.74. The van der Waals surface area contributed by atoms with Crippen molar-refractivity contribution in [2.45, 2.75) is 24.4 Å². The normalized spacial score (nSPS) is 15.3. The lowest BCUT2D eigenvalue weighted by Crippen LogP contribution is -2.54. The van der Waals surface area contributed by atoms with Gasteiger partial charge in [-0.3, -0.25) is 4.79 Å². The monoisotopic (exact) mass is 319 g/mol. The summed E-state index contributed by atoms with van der Waals surface area (Å²) >= 11 is 0. The molecule has 0 spiro atoms. The van der Waals surface area contributed by atoms with Crippen LogP contribution in [0, 0.1) is 0 Å². The van der Waals surface area contributed by atoms with E-state index in [2.05, 4.69) is 0 Å². The predicted molar refractivity (Wildman–Crippen MR) is 49.2 cm³/mol. The number of halogens is 7. The van der Waals surface area contributed by atoms with Gasteiger partial charge in [-0.25, -0.2) is 13.3 Å². The summed E-state index contributed by atoms with van der Waals surface area (Å²) < 4.78 is 97.9. The predicted octanol–water partition coefficient (Wildman–Crippen LogP) is 1.55. The molecular weight excluding hydrogens is 311 g/mol. The average Bonchev–Trinajstić information content (AvgIpc) is 2.19. The second-order valence-electron chi connectivity index (χ2n) is 3.31. The van der Waals surface area contributed by atoms with Crippen LogP contribution >= 0.6 is 0 Å². The first kappa shape index (κ1) is 18.1. The van der Waals surface area contributed by atoms with Crippen LogP contribution < -0.4 is 4.72 Å². The largest absolute Gasteiger partial charge is 0.480 e. The van der Waals surface area contributed by atoms with Crippen LogP contribution in [-0.2, 0) is 15.8 Å². The fourth-order valence-electron chi connectivity index (χ4n) is 0.892. The Hall–Kier alpha value is -0.910. The van der Waals surface area contributed by atoms with Gasteiger partial charge in [-0.05, 0) is 0 Å². The topological polar surface area (TPSA) is 66.4 Å². The Morgan fingerprint density at radius 3 is 1.79 bits per heavy atom. The van der Waals surface area contributed by atoms with Crippen LogP contribution in [0.1, 0.15) is 6.42 Å². The average molecular weight is 319 g/mol. The van der Waals surface area contributed by atoms with E-state index in [0.717, 1.165) is 0 Å². The molecule has 1 atom stereocenters. The van der Waals surface area contributed by atoms with Gasteiger partial charge in [0.1, 0.15) is 6.54 Å². The van der Waals surface area contributed by atoms with E-state index >= 15 is 0 Å². The SMILES string of the molecule is O=C(O)CNS(=O)CCC(F)(C(F)(F)F)C(F)(F)F. The Bertz CT molecular complexity index is 340. The summed E-state index contributed by atoms with van der Waals surface area (Å²) in [7, 11) is -2.53. The van der Waals surface area contributed by atoms with E-state index in [1.54, 1.807) is 4.72 Å². The number of carboxylic acids is 1. The highest BCUT2D eigenvalue weighted by atomic mass is 32.2. The highest BCUT2D eigenvalue weighted by molar-refractivity contribution is 7.83. The Morgan fingerprint density at radius 1 is 1.05 bits per heavy atom. The molecule has 1 unspecified atom stereocenters. The summed E-state index contributed by atoms with van der Waals surface area (Å²) in [6, 6.07) is 0. The lowest BCUT2D eigenvalue weighted by molar-refractivity contribution is -0.341. The van der Waals surface area contributed by atoms with Crippen LogP contribution in [0.15, 0.2) is 0 Å². The summed E-state index contributed by atoms with van der Waals surface area (Å²) in [5, 5.41) is 8.12. The molecule has 0 heterocycles. The van der Waals surface area contributed by atoms with Crippen LogP contribution in [0.5, 0.6) is 0 Å². The molecule has 114 valence electrons. The van der Waals surface area contributed by atoms with Gasteiger partial charge < -0.3 is 5.11 Å². The number of carbonyl (C=O) groups is 1. The number of carboxylic acid groups (broad SMARTS) is 1. The minimum atomic E-state index is -6.21.